The first kappa shape index (κ1) is 64.8. The molecule has 438 valence electrons. The van der Waals surface area contributed by atoms with Crippen molar-refractivity contribution in [3.8, 4) is 17.7 Å². The molecule has 0 unspecified atom stereocenters. The Morgan fingerprint density at radius 3 is 1.92 bits per heavy atom. The van der Waals surface area contributed by atoms with E-state index in [9.17, 15) is 62.3 Å². The Morgan fingerprint density at radius 2 is 1.30 bits per heavy atom. The number of aromatic nitrogens is 3. The van der Waals surface area contributed by atoms with Crippen molar-refractivity contribution >= 4 is 168 Å². The van der Waals surface area contributed by atoms with Gasteiger partial charge >= 0.3 is 21.2 Å². The Balaban J connectivity index is 0.00000130. The van der Waals surface area contributed by atoms with Crippen LogP contribution in [0.15, 0.2) is 112 Å². The number of aryl methyl sites for hydroxylation is 2. The highest BCUT2D eigenvalue weighted by molar-refractivity contribution is 7.99. The first-order valence-corrected chi connectivity index (χ1v) is 32.7. The average molecular weight is 1320 g/mol. The standard InChI is InChI=1S/C44H37ClN10O14S6.2O3S/c1-22-14-33(51-53-39-24(3)29(21-46)42-47-32-17-26(45)7-9-35(32)55(42)43(39)56)36(69-10-4-12-72(57,58)59)19-30(22)49-52-34-15-23(2)31(20-37(34)70-11-5-13-73(60,61)62)50-54-44-48-40-38(75(66,67)68)16-25-6-8-27(74(63,64)65)18-28(25)41(40)71-44;2*1-4(2)3/h6-9,14-20,56H,4-5,10-13H2,1-3H3,(H,57,58,59)(H,60,61,62)(H,63,64,65)(H,66,67,68);;. The summed E-state index contributed by atoms with van der Waals surface area (Å²) in [5.74, 6) is -1.38. The summed E-state index contributed by atoms with van der Waals surface area (Å²) in [5, 5.41) is 48.6. The Bertz CT molecular complexity index is 4770. The molecule has 0 spiro atoms. The molecule has 0 atom stereocenters. The Labute approximate surface area is 485 Å². The number of hydrogen-bond acceptors (Lipinski definition) is 27. The van der Waals surface area contributed by atoms with E-state index in [2.05, 4.69) is 46.7 Å². The van der Waals surface area contributed by atoms with Gasteiger partial charge in [-0.05, 0) is 110 Å². The number of hydrogen-bond donors (Lipinski definition) is 5. The molecule has 83 heavy (non-hydrogen) atoms. The third-order valence-electron chi connectivity index (χ3n) is 11.0. The number of ether oxygens (including phenoxy) is 1. The quantitative estimate of drug-likeness (QED) is 0.0231. The molecule has 8 aromatic rings. The molecule has 0 aliphatic carbocycles. The first-order chi connectivity index (χ1) is 38.6. The van der Waals surface area contributed by atoms with Crippen molar-refractivity contribution in [1.29, 1.82) is 5.26 Å². The fraction of sp³-hybridized carbons (Fsp3) is 0.205. The summed E-state index contributed by atoms with van der Waals surface area (Å²) in [5.41, 5.74) is 2.75. The highest BCUT2D eigenvalue weighted by Crippen LogP contribution is 2.44. The maximum atomic E-state index is 12.4. The molecule has 5 N–H and O–H groups in total. The monoisotopic (exact) mass is 1320 g/mol. The molecule has 0 aliphatic heterocycles. The number of nitriles is 1. The van der Waals surface area contributed by atoms with Crippen LogP contribution in [0.3, 0.4) is 0 Å². The van der Waals surface area contributed by atoms with Crippen molar-refractivity contribution in [2.75, 3.05) is 23.9 Å². The number of thiazole rings is 1. The van der Waals surface area contributed by atoms with E-state index in [1.54, 1.807) is 51.1 Å². The minimum absolute atomic E-state index is 0.0179. The summed E-state index contributed by atoms with van der Waals surface area (Å²) in [6.07, 6.45) is -0.121. The number of thioether (sulfide) groups is 1. The number of nitrogens with zero attached hydrogens (tertiary/aromatic N) is 10. The normalized spacial score (nSPS) is 12.3. The zero-order valence-electron chi connectivity index (χ0n) is 42.1. The second kappa shape index (κ2) is 26.5. The van der Waals surface area contributed by atoms with Crippen LogP contribution in [0.4, 0.5) is 33.6 Å². The van der Waals surface area contributed by atoms with Crippen LogP contribution in [0.5, 0.6) is 11.6 Å². The van der Waals surface area contributed by atoms with Crippen LogP contribution in [0, 0.1) is 32.1 Å². The number of azo groups is 3. The first-order valence-electron chi connectivity index (χ1n) is 22.4. The van der Waals surface area contributed by atoms with Gasteiger partial charge in [-0.25, -0.2) is 9.97 Å². The van der Waals surface area contributed by atoms with E-state index >= 15 is 0 Å². The van der Waals surface area contributed by atoms with Crippen molar-refractivity contribution in [2.24, 2.45) is 30.7 Å². The van der Waals surface area contributed by atoms with Crippen LogP contribution in [0.1, 0.15) is 35.1 Å². The summed E-state index contributed by atoms with van der Waals surface area (Å²) in [4.78, 5) is 8.10. The van der Waals surface area contributed by atoms with E-state index in [-0.39, 0.29) is 108 Å². The molecule has 0 bridgehead atoms. The van der Waals surface area contributed by atoms with Crippen molar-refractivity contribution in [1.82, 2.24) is 14.4 Å². The molecule has 0 aliphatic rings. The minimum atomic E-state index is -4.86. The molecule has 5 aromatic carbocycles. The molecule has 0 fully saturated rings. The zero-order chi connectivity index (χ0) is 61.5. The molecular weight excluding hydrogens is 1280 g/mol. The van der Waals surface area contributed by atoms with Crippen molar-refractivity contribution in [3.63, 3.8) is 0 Å². The van der Waals surface area contributed by atoms with E-state index in [4.69, 9.17) is 41.6 Å². The molecule has 3 aromatic heterocycles. The number of rotatable bonds is 18. The maximum absolute atomic E-state index is 12.4. The number of aromatic hydroxyl groups is 1. The molecule has 8 rings (SSSR count). The van der Waals surface area contributed by atoms with Crippen LogP contribution >= 0.6 is 34.7 Å². The topological polar surface area (TPSA) is 477 Å². The maximum Gasteiger partial charge on any atom is 0.425 e. The van der Waals surface area contributed by atoms with E-state index in [1.807, 2.05) is 0 Å². The molecule has 0 amide bonds. The van der Waals surface area contributed by atoms with Crippen LogP contribution in [-0.4, -0.2) is 120 Å². The number of pyridine rings is 1. The predicted molar refractivity (Wildman–Crippen MR) is 298 cm³/mol. The Kier molecular flexibility index (Phi) is 20.6. The lowest BCUT2D eigenvalue weighted by atomic mass is 10.1. The van der Waals surface area contributed by atoms with Crippen molar-refractivity contribution < 1.29 is 87.0 Å². The summed E-state index contributed by atoms with van der Waals surface area (Å²) in [6, 6.07) is 17.5. The molecule has 39 heteroatoms. The molecule has 3 heterocycles. The zero-order valence-corrected chi connectivity index (χ0v) is 49.4. The fourth-order valence-electron chi connectivity index (χ4n) is 7.46. The van der Waals surface area contributed by atoms with Crippen molar-refractivity contribution in [2.45, 2.75) is 48.3 Å². The van der Waals surface area contributed by atoms with Gasteiger partial charge in [-0.15, -0.1) is 62.6 Å². The van der Waals surface area contributed by atoms with E-state index in [1.165, 1.54) is 22.6 Å². The third kappa shape index (κ3) is 17.1. The smallest absolute Gasteiger partial charge is 0.425 e. The number of imidazole rings is 1. The Morgan fingerprint density at radius 1 is 0.711 bits per heavy atom. The van der Waals surface area contributed by atoms with Gasteiger partial charge in [0.15, 0.2) is 11.3 Å². The van der Waals surface area contributed by atoms with Crippen LogP contribution in [-0.2, 0) is 61.7 Å². The van der Waals surface area contributed by atoms with E-state index < -0.39 is 83.0 Å². The predicted octanol–water partition coefficient (Wildman–Crippen LogP) is 9.16. The second-order valence-corrected chi connectivity index (χ2v) is 26.1. The summed E-state index contributed by atoms with van der Waals surface area (Å²) < 4.78 is 191. The minimum Gasteiger partial charge on any atom is -0.493 e. The molecule has 0 saturated heterocycles. The van der Waals surface area contributed by atoms with Crippen LogP contribution in [0.2, 0.25) is 5.02 Å². The average Bonchev–Trinajstić information content (AvgIpc) is 3.56. The van der Waals surface area contributed by atoms with Gasteiger partial charge in [0, 0.05) is 26.9 Å². The van der Waals surface area contributed by atoms with Crippen LogP contribution in [0.25, 0.3) is 37.7 Å². The molecule has 0 saturated carbocycles. The molecular formula is C44H37ClN10O20S8. The summed E-state index contributed by atoms with van der Waals surface area (Å²) in [7, 11) is -24.4. The summed E-state index contributed by atoms with van der Waals surface area (Å²) in [6.45, 7) is 4.65. The lowest BCUT2D eigenvalue weighted by molar-refractivity contribution is 0.317. The van der Waals surface area contributed by atoms with Crippen LogP contribution < -0.4 is 4.74 Å². The SMILES string of the molecule is Cc1cc(N=Nc2cc(OCCCS(=O)(=O)O)c(N=Nc3c(C)c(C#N)c4nc5cc(Cl)ccc5n4c3O)cc2C)c(SCCCS(=O)(=O)O)cc1N=Nc1nc2c(S(=O)(=O)O)cc3ccc(S(=O)(=O)O)cc3c2s1.O=S(=O)=O.O=S(=O)=O. The largest absolute Gasteiger partial charge is 0.493 e. The van der Waals surface area contributed by atoms with Gasteiger partial charge in [0.25, 0.3) is 40.5 Å². The van der Waals surface area contributed by atoms with Gasteiger partial charge in [0.1, 0.15) is 33.5 Å². The highest BCUT2D eigenvalue weighted by atomic mass is 35.5. The lowest BCUT2D eigenvalue weighted by Crippen LogP contribution is -2.08. The van der Waals surface area contributed by atoms with E-state index in [0.29, 0.717) is 32.1 Å². The number of benzene rings is 5. The number of halogens is 1. The molecule has 30 nitrogen and oxygen atoms in total. The highest BCUT2D eigenvalue weighted by Gasteiger charge is 2.24. The van der Waals surface area contributed by atoms with Crippen molar-refractivity contribution in [3.05, 3.63) is 94.0 Å². The van der Waals surface area contributed by atoms with Gasteiger partial charge in [-0.1, -0.05) is 29.0 Å². The number of fused-ring (bicyclic) bond motifs is 6. The third-order valence-corrected chi connectivity index (χ3v) is 16.7. The summed E-state index contributed by atoms with van der Waals surface area (Å²) >= 11 is 8.14. The lowest BCUT2D eigenvalue weighted by Gasteiger charge is -2.12. The van der Waals surface area contributed by atoms with E-state index in [0.717, 1.165) is 41.3 Å². The second-order valence-electron chi connectivity index (χ2n) is 16.8. The Hall–Kier alpha value is -7.39. The van der Waals surface area contributed by atoms with Gasteiger partial charge in [-0.3, -0.25) is 22.6 Å². The molecule has 0 radical (unpaired) electrons. The van der Waals surface area contributed by atoms with Gasteiger partial charge in [0.2, 0.25) is 11.0 Å². The van der Waals surface area contributed by atoms with Gasteiger partial charge in [-0.2, -0.15) is 44.0 Å². The van der Waals surface area contributed by atoms with Gasteiger partial charge in [0.05, 0.1) is 55.8 Å². The fourth-order valence-corrected chi connectivity index (χ4v) is 11.9. The van der Waals surface area contributed by atoms with Gasteiger partial charge < -0.3 is 9.84 Å².